The SMILES string of the molecule is COc1cc2c(cc1F)N(C(=O)CC1CC1)CCC2. The van der Waals surface area contributed by atoms with Gasteiger partial charge in [-0.1, -0.05) is 0 Å². The van der Waals surface area contributed by atoms with E-state index in [0.717, 1.165) is 36.9 Å². The fourth-order valence-corrected chi connectivity index (χ4v) is 2.68. The first-order valence-electron chi connectivity index (χ1n) is 6.86. The minimum Gasteiger partial charge on any atom is -0.494 e. The zero-order valence-corrected chi connectivity index (χ0v) is 11.1. The molecule has 1 aliphatic carbocycles. The summed E-state index contributed by atoms with van der Waals surface area (Å²) >= 11 is 0. The Morgan fingerprint density at radius 1 is 1.47 bits per heavy atom. The number of halogens is 1. The summed E-state index contributed by atoms with van der Waals surface area (Å²) in [5.41, 5.74) is 1.74. The van der Waals surface area contributed by atoms with Crippen LogP contribution < -0.4 is 9.64 Å². The first-order valence-corrected chi connectivity index (χ1v) is 6.86. The Hall–Kier alpha value is -1.58. The smallest absolute Gasteiger partial charge is 0.227 e. The van der Waals surface area contributed by atoms with Crippen LogP contribution in [0.25, 0.3) is 0 Å². The van der Waals surface area contributed by atoms with Gasteiger partial charge >= 0.3 is 0 Å². The van der Waals surface area contributed by atoms with Crippen LogP contribution in [0.1, 0.15) is 31.2 Å². The summed E-state index contributed by atoms with van der Waals surface area (Å²) in [6.45, 7) is 0.699. The molecule has 1 heterocycles. The maximum absolute atomic E-state index is 13.8. The van der Waals surface area contributed by atoms with Gasteiger partial charge in [-0.25, -0.2) is 4.39 Å². The average Bonchev–Trinajstić information content (AvgIpc) is 3.21. The molecule has 3 rings (SSSR count). The van der Waals surface area contributed by atoms with Gasteiger partial charge in [0.15, 0.2) is 11.6 Å². The van der Waals surface area contributed by atoms with E-state index in [-0.39, 0.29) is 11.7 Å². The number of carbonyl (C=O) groups excluding carboxylic acids is 1. The summed E-state index contributed by atoms with van der Waals surface area (Å²) in [6, 6.07) is 3.17. The molecule has 1 amide bonds. The zero-order chi connectivity index (χ0) is 13.4. The number of benzene rings is 1. The lowest BCUT2D eigenvalue weighted by molar-refractivity contribution is -0.119. The van der Waals surface area contributed by atoms with E-state index in [4.69, 9.17) is 4.74 Å². The third kappa shape index (κ3) is 2.44. The number of rotatable bonds is 3. The van der Waals surface area contributed by atoms with E-state index in [1.807, 2.05) is 0 Å². The van der Waals surface area contributed by atoms with Crippen LogP contribution in [0.15, 0.2) is 12.1 Å². The normalized spacial score (nSPS) is 18.1. The van der Waals surface area contributed by atoms with E-state index < -0.39 is 5.82 Å². The van der Waals surface area contributed by atoms with E-state index in [9.17, 15) is 9.18 Å². The number of hydrogen-bond acceptors (Lipinski definition) is 2. The van der Waals surface area contributed by atoms with Crippen molar-refractivity contribution < 1.29 is 13.9 Å². The predicted octanol–water partition coefficient (Wildman–Crippen LogP) is 2.91. The number of methoxy groups -OCH3 is 1. The summed E-state index contributed by atoms with van der Waals surface area (Å²) in [5.74, 6) is 0.552. The molecule has 1 saturated carbocycles. The third-order valence-electron chi connectivity index (χ3n) is 3.93. The topological polar surface area (TPSA) is 29.5 Å². The molecule has 1 aromatic carbocycles. The molecule has 0 N–H and O–H groups in total. The van der Waals surface area contributed by atoms with Crippen LogP contribution in [-0.2, 0) is 11.2 Å². The Kier molecular flexibility index (Phi) is 3.17. The summed E-state index contributed by atoms with van der Waals surface area (Å²) in [4.78, 5) is 14.0. The molecule has 2 aliphatic rings. The van der Waals surface area contributed by atoms with E-state index in [0.29, 0.717) is 18.9 Å². The van der Waals surface area contributed by atoms with Crippen LogP contribution >= 0.6 is 0 Å². The van der Waals surface area contributed by atoms with Crippen molar-refractivity contribution in [3.05, 3.63) is 23.5 Å². The highest BCUT2D eigenvalue weighted by molar-refractivity contribution is 5.95. The molecule has 1 aliphatic heterocycles. The number of carbonyl (C=O) groups is 1. The molecule has 0 atom stereocenters. The van der Waals surface area contributed by atoms with Gasteiger partial charge < -0.3 is 9.64 Å². The van der Waals surface area contributed by atoms with Gasteiger partial charge in [-0.05, 0) is 43.2 Å². The first kappa shape index (κ1) is 12.5. The maximum Gasteiger partial charge on any atom is 0.227 e. The van der Waals surface area contributed by atoms with Crippen molar-refractivity contribution in [2.45, 2.75) is 32.1 Å². The van der Waals surface area contributed by atoms with Crippen LogP contribution in [-0.4, -0.2) is 19.6 Å². The van der Waals surface area contributed by atoms with Gasteiger partial charge in [-0.2, -0.15) is 0 Å². The standard InChI is InChI=1S/C15H18FNO2/c1-19-14-8-11-3-2-6-17(13(11)9-12(14)16)15(18)7-10-4-5-10/h8-10H,2-7H2,1H3. The van der Waals surface area contributed by atoms with Crippen LogP contribution in [0.5, 0.6) is 5.75 Å². The van der Waals surface area contributed by atoms with Crippen LogP contribution in [0.2, 0.25) is 0 Å². The molecule has 19 heavy (non-hydrogen) atoms. The van der Waals surface area contributed by atoms with Crippen molar-refractivity contribution in [1.82, 2.24) is 0 Å². The summed E-state index contributed by atoms with van der Waals surface area (Å²) in [6.07, 6.45) is 4.72. The van der Waals surface area contributed by atoms with Gasteiger partial charge in [0.05, 0.1) is 7.11 Å². The Morgan fingerprint density at radius 2 is 2.26 bits per heavy atom. The van der Waals surface area contributed by atoms with Crippen molar-refractivity contribution in [1.29, 1.82) is 0 Å². The van der Waals surface area contributed by atoms with Gasteiger partial charge in [0.25, 0.3) is 0 Å². The quantitative estimate of drug-likeness (QED) is 0.839. The molecule has 0 radical (unpaired) electrons. The number of anilines is 1. The van der Waals surface area contributed by atoms with Crippen molar-refractivity contribution in [2.24, 2.45) is 5.92 Å². The molecule has 4 heteroatoms. The second-order valence-electron chi connectivity index (χ2n) is 5.41. The fraction of sp³-hybridized carbons (Fsp3) is 0.533. The molecule has 102 valence electrons. The highest BCUT2D eigenvalue weighted by Crippen LogP contribution is 2.36. The lowest BCUT2D eigenvalue weighted by Gasteiger charge is -2.30. The Morgan fingerprint density at radius 3 is 2.95 bits per heavy atom. The Bertz CT molecular complexity index is 511. The van der Waals surface area contributed by atoms with Crippen LogP contribution in [0, 0.1) is 11.7 Å². The van der Waals surface area contributed by atoms with Gasteiger partial charge in [-0.3, -0.25) is 4.79 Å². The van der Waals surface area contributed by atoms with Gasteiger partial charge in [-0.15, -0.1) is 0 Å². The number of amides is 1. The summed E-state index contributed by atoms with van der Waals surface area (Å²) in [5, 5.41) is 0. The molecular weight excluding hydrogens is 245 g/mol. The second-order valence-corrected chi connectivity index (χ2v) is 5.41. The summed E-state index contributed by atoms with van der Waals surface area (Å²) < 4.78 is 18.8. The second kappa shape index (κ2) is 4.83. The minimum absolute atomic E-state index is 0.132. The number of ether oxygens (including phenoxy) is 1. The largest absolute Gasteiger partial charge is 0.494 e. The minimum atomic E-state index is -0.396. The molecule has 0 bridgehead atoms. The zero-order valence-electron chi connectivity index (χ0n) is 11.1. The van der Waals surface area contributed by atoms with Crippen LogP contribution in [0.3, 0.4) is 0 Å². The van der Waals surface area contributed by atoms with E-state index in [1.165, 1.54) is 13.2 Å². The monoisotopic (exact) mass is 263 g/mol. The van der Waals surface area contributed by atoms with Crippen molar-refractivity contribution in [3.8, 4) is 5.75 Å². The molecule has 3 nitrogen and oxygen atoms in total. The first-order chi connectivity index (χ1) is 9.19. The van der Waals surface area contributed by atoms with Crippen molar-refractivity contribution in [2.75, 3.05) is 18.6 Å². The van der Waals surface area contributed by atoms with E-state index in [2.05, 4.69) is 0 Å². The lowest BCUT2D eigenvalue weighted by atomic mass is 10.0. The Labute approximate surface area is 112 Å². The lowest BCUT2D eigenvalue weighted by Crippen LogP contribution is -2.35. The summed E-state index contributed by atoms with van der Waals surface area (Å²) in [7, 11) is 1.46. The number of aryl methyl sites for hydroxylation is 1. The van der Waals surface area contributed by atoms with Gasteiger partial charge in [0.2, 0.25) is 5.91 Å². The van der Waals surface area contributed by atoms with Crippen molar-refractivity contribution in [3.63, 3.8) is 0 Å². The molecular formula is C15H18FNO2. The molecule has 0 unspecified atom stereocenters. The van der Waals surface area contributed by atoms with E-state index in [1.54, 1.807) is 11.0 Å². The van der Waals surface area contributed by atoms with E-state index >= 15 is 0 Å². The highest BCUT2D eigenvalue weighted by atomic mass is 19.1. The molecule has 0 spiro atoms. The fourth-order valence-electron chi connectivity index (χ4n) is 2.68. The Balaban J connectivity index is 1.89. The van der Waals surface area contributed by atoms with Gasteiger partial charge in [0.1, 0.15) is 0 Å². The van der Waals surface area contributed by atoms with Gasteiger partial charge in [0, 0.05) is 24.7 Å². The number of nitrogens with zero attached hydrogens (tertiary/aromatic N) is 1. The molecule has 1 aromatic rings. The average molecular weight is 263 g/mol. The highest BCUT2D eigenvalue weighted by Gasteiger charge is 2.30. The number of hydrogen-bond donors (Lipinski definition) is 0. The van der Waals surface area contributed by atoms with Crippen LogP contribution in [0.4, 0.5) is 10.1 Å². The molecule has 0 saturated heterocycles. The third-order valence-corrected chi connectivity index (χ3v) is 3.93. The van der Waals surface area contributed by atoms with Crippen molar-refractivity contribution >= 4 is 11.6 Å². The number of fused-ring (bicyclic) bond motifs is 1. The predicted molar refractivity (Wildman–Crippen MR) is 71.0 cm³/mol. The molecule has 1 fully saturated rings. The molecule has 0 aromatic heterocycles. The maximum atomic E-state index is 13.8.